The van der Waals surface area contributed by atoms with Crippen molar-refractivity contribution in [3.63, 3.8) is 0 Å². The molecule has 3 heteroatoms. The quantitative estimate of drug-likeness (QED) is 0.814. The molecule has 0 radical (unpaired) electrons. The first-order chi connectivity index (χ1) is 8.49. The lowest BCUT2D eigenvalue weighted by molar-refractivity contribution is -0.0126. The number of likely N-dealkylation sites (N-methyl/N-ethyl adjacent to an activating group) is 1. The van der Waals surface area contributed by atoms with Gasteiger partial charge < -0.3 is 10.1 Å². The Labute approximate surface area is 116 Å². The largest absolute Gasteiger partial charge is 0.379 e. The van der Waals surface area contributed by atoms with Gasteiger partial charge in [-0.3, -0.25) is 0 Å². The van der Waals surface area contributed by atoms with Crippen LogP contribution in [0.25, 0.3) is 0 Å². The molecule has 0 amide bonds. The highest BCUT2D eigenvalue weighted by Crippen LogP contribution is 2.26. The number of ether oxygens (including phenoxy) is 1. The molecule has 104 valence electrons. The summed E-state index contributed by atoms with van der Waals surface area (Å²) in [5.41, 5.74) is 1.60. The molecule has 1 aromatic rings. The Balaban J connectivity index is 2.62. The molecule has 1 N–H and O–H groups in total. The predicted octanol–water partition coefficient (Wildman–Crippen LogP) is 3.72. The van der Waals surface area contributed by atoms with E-state index in [0.29, 0.717) is 6.04 Å². The number of thiophene rings is 1. The third kappa shape index (κ3) is 4.71. The van der Waals surface area contributed by atoms with E-state index in [9.17, 15) is 0 Å². The van der Waals surface area contributed by atoms with Crippen LogP contribution in [0.4, 0.5) is 0 Å². The Kier molecular flexibility index (Phi) is 6.33. The van der Waals surface area contributed by atoms with Gasteiger partial charge >= 0.3 is 0 Å². The first-order valence-corrected chi connectivity index (χ1v) is 7.70. The van der Waals surface area contributed by atoms with Gasteiger partial charge in [-0.05, 0) is 47.2 Å². The normalized spacial score (nSPS) is 15.6. The Morgan fingerprint density at radius 2 is 2.11 bits per heavy atom. The van der Waals surface area contributed by atoms with Gasteiger partial charge in [0.05, 0.1) is 6.10 Å². The topological polar surface area (TPSA) is 21.3 Å². The Hall–Kier alpha value is -0.380. The monoisotopic (exact) mass is 269 g/mol. The number of hydrogen-bond donors (Lipinski definition) is 1. The summed E-state index contributed by atoms with van der Waals surface area (Å²) in [5, 5.41) is 7.97. The van der Waals surface area contributed by atoms with Crippen molar-refractivity contribution >= 4 is 11.3 Å². The molecule has 0 saturated heterocycles. The van der Waals surface area contributed by atoms with Gasteiger partial charge in [0.2, 0.25) is 0 Å². The Bertz CT molecular complexity index is 316. The molecule has 0 spiro atoms. The summed E-state index contributed by atoms with van der Waals surface area (Å²) in [6.45, 7) is 9.89. The smallest absolute Gasteiger partial charge is 0.0772 e. The molecular weight excluding hydrogens is 242 g/mol. The highest BCUT2D eigenvalue weighted by atomic mass is 32.1. The second-order valence-corrected chi connectivity index (χ2v) is 6.64. The van der Waals surface area contributed by atoms with Crippen molar-refractivity contribution in [2.24, 2.45) is 5.41 Å². The summed E-state index contributed by atoms with van der Waals surface area (Å²) in [6.07, 6.45) is 2.49. The maximum Gasteiger partial charge on any atom is 0.0772 e. The lowest BCUT2D eigenvalue weighted by Gasteiger charge is -2.36. The molecule has 0 aliphatic heterocycles. The molecule has 1 heterocycles. The lowest BCUT2D eigenvalue weighted by Crippen LogP contribution is -2.47. The van der Waals surface area contributed by atoms with Crippen molar-refractivity contribution in [2.75, 3.05) is 13.7 Å². The molecular formula is C15H27NOS. The number of rotatable bonds is 7. The molecule has 0 aromatic carbocycles. The van der Waals surface area contributed by atoms with E-state index in [1.54, 1.807) is 11.3 Å². The molecule has 0 bridgehead atoms. The number of aryl methyl sites for hydroxylation is 1. The third-order valence-corrected chi connectivity index (χ3v) is 4.00. The van der Waals surface area contributed by atoms with Crippen LogP contribution in [0.3, 0.4) is 0 Å². The van der Waals surface area contributed by atoms with E-state index in [4.69, 9.17) is 4.74 Å². The van der Waals surface area contributed by atoms with E-state index < -0.39 is 0 Å². The van der Waals surface area contributed by atoms with Crippen LogP contribution in [0.15, 0.2) is 16.8 Å². The van der Waals surface area contributed by atoms with Crippen LogP contribution in [0, 0.1) is 5.41 Å². The number of nitrogens with one attached hydrogen (secondary N) is 1. The van der Waals surface area contributed by atoms with Crippen LogP contribution in [-0.2, 0) is 11.2 Å². The molecule has 0 fully saturated rings. The average molecular weight is 269 g/mol. The zero-order chi connectivity index (χ0) is 13.6. The predicted molar refractivity (Wildman–Crippen MR) is 80.4 cm³/mol. The average Bonchev–Trinajstić information content (AvgIpc) is 2.77. The van der Waals surface area contributed by atoms with E-state index in [1.807, 2.05) is 7.11 Å². The molecule has 2 atom stereocenters. The molecule has 18 heavy (non-hydrogen) atoms. The molecule has 1 rings (SSSR count). The summed E-state index contributed by atoms with van der Waals surface area (Å²) in [5.74, 6) is 0. The zero-order valence-electron chi connectivity index (χ0n) is 12.3. The first kappa shape index (κ1) is 15.7. The van der Waals surface area contributed by atoms with Gasteiger partial charge in [0.15, 0.2) is 0 Å². The van der Waals surface area contributed by atoms with Crippen molar-refractivity contribution in [3.8, 4) is 0 Å². The first-order valence-electron chi connectivity index (χ1n) is 6.76. The maximum atomic E-state index is 5.74. The zero-order valence-corrected chi connectivity index (χ0v) is 13.1. The van der Waals surface area contributed by atoms with Gasteiger partial charge in [-0.1, -0.05) is 27.7 Å². The van der Waals surface area contributed by atoms with E-state index in [2.05, 4.69) is 49.8 Å². The van der Waals surface area contributed by atoms with E-state index in [0.717, 1.165) is 19.4 Å². The number of methoxy groups -OCH3 is 1. The molecule has 0 saturated carbocycles. The second kappa shape index (κ2) is 7.27. The summed E-state index contributed by atoms with van der Waals surface area (Å²) >= 11 is 1.77. The third-order valence-electron chi connectivity index (χ3n) is 3.26. The van der Waals surface area contributed by atoms with Crippen molar-refractivity contribution in [1.82, 2.24) is 5.32 Å². The minimum absolute atomic E-state index is 0.163. The second-order valence-electron chi connectivity index (χ2n) is 5.86. The minimum atomic E-state index is 0.163. The Morgan fingerprint density at radius 3 is 2.56 bits per heavy atom. The highest BCUT2D eigenvalue weighted by molar-refractivity contribution is 7.07. The SMILES string of the molecule is CCNC(CCc1ccsc1)C(OC)C(C)(C)C. The molecule has 2 unspecified atom stereocenters. The summed E-state index contributed by atoms with van der Waals surface area (Å²) in [6, 6.07) is 2.63. The summed E-state index contributed by atoms with van der Waals surface area (Å²) < 4.78 is 5.74. The molecule has 0 aliphatic carbocycles. The van der Waals surface area contributed by atoms with Crippen LogP contribution in [0.1, 0.15) is 39.7 Å². The van der Waals surface area contributed by atoms with Gasteiger partial charge in [0.1, 0.15) is 0 Å². The van der Waals surface area contributed by atoms with E-state index in [1.165, 1.54) is 5.56 Å². The fraction of sp³-hybridized carbons (Fsp3) is 0.733. The summed E-state index contributed by atoms with van der Waals surface area (Å²) in [4.78, 5) is 0. The van der Waals surface area contributed by atoms with Crippen molar-refractivity contribution < 1.29 is 4.74 Å². The van der Waals surface area contributed by atoms with Crippen LogP contribution >= 0.6 is 11.3 Å². The van der Waals surface area contributed by atoms with Gasteiger partial charge in [0, 0.05) is 13.2 Å². The van der Waals surface area contributed by atoms with Crippen LogP contribution in [0.5, 0.6) is 0 Å². The van der Waals surface area contributed by atoms with Gasteiger partial charge in [-0.15, -0.1) is 0 Å². The fourth-order valence-corrected chi connectivity index (χ4v) is 3.20. The van der Waals surface area contributed by atoms with Crippen molar-refractivity contribution in [1.29, 1.82) is 0 Å². The summed E-state index contributed by atoms with van der Waals surface area (Å²) in [7, 11) is 1.82. The maximum absolute atomic E-state index is 5.74. The van der Waals surface area contributed by atoms with E-state index >= 15 is 0 Å². The number of hydrogen-bond acceptors (Lipinski definition) is 3. The van der Waals surface area contributed by atoms with Crippen LogP contribution < -0.4 is 5.32 Å². The standard InChI is InChI=1S/C15H27NOS/c1-6-16-13(14(17-5)15(2,3)4)8-7-12-9-10-18-11-12/h9-11,13-14,16H,6-8H2,1-5H3. The van der Waals surface area contributed by atoms with Crippen molar-refractivity contribution in [3.05, 3.63) is 22.4 Å². The van der Waals surface area contributed by atoms with Crippen molar-refractivity contribution in [2.45, 2.75) is 52.7 Å². The molecule has 2 nitrogen and oxygen atoms in total. The van der Waals surface area contributed by atoms with Gasteiger partial charge in [0.25, 0.3) is 0 Å². The Morgan fingerprint density at radius 1 is 1.39 bits per heavy atom. The van der Waals surface area contributed by atoms with Gasteiger partial charge in [-0.2, -0.15) is 11.3 Å². The minimum Gasteiger partial charge on any atom is -0.379 e. The van der Waals surface area contributed by atoms with E-state index in [-0.39, 0.29) is 11.5 Å². The lowest BCUT2D eigenvalue weighted by atomic mass is 9.82. The molecule has 1 aromatic heterocycles. The molecule has 0 aliphatic rings. The van der Waals surface area contributed by atoms with Crippen LogP contribution in [0.2, 0.25) is 0 Å². The van der Waals surface area contributed by atoms with Gasteiger partial charge in [-0.25, -0.2) is 0 Å². The fourth-order valence-electron chi connectivity index (χ4n) is 2.50. The highest BCUT2D eigenvalue weighted by Gasteiger charge is 2.31. The van der Waals surface area contributed by atoms with Crippen LogP contribution in [-0.4, -0.2) is 25.8 Å².